The molecule has 4 nitrogen and oxygen atoms in total. The molecule has 2 aliphatic rings. The third kappa shape index (κ3) is 2.56. The van der Waals surface area contributed by atoms with Crippen molar-refractivity contribution in [3.8, 4) is 11.5 Å². The number of aryl methyl sites for hydroxylation is 1. The molecular formula is C21H22O4. The molecule has 1 aromatic carbocycles. The highest BCUT2D eigenvalue weighted by molar-refractivity contribution is 6.00. The number of hydrogen-bond acceptors (Lipinski definition) is 4. The largest absolute Gasteiger partial charge is 0.488 e. The van der Waals surface area contributed by atoms with Crippen molar-refractivity contribution in [3.63, 3.8) is 0 Å². The molecule has 4 heteroatoms. The van der Waals surface area contributed by atoms with Crippen molar-refractivity contribution < 1.29 is 13.9 Å². The van der Waals surface area contributed by atoms with Crippen LogP contribution in [-0.2, 0) is 6.42 Å². The van der Waals surface area contributed by atoms with E-state index in [2.05, 4.69) is 13.0 Å². The minimum atomic E-state index is -0.422. The van der Waals surface area contributed by atoms with E-state index in [4.69, 9.17) is 13.9 Å². The zero-order valence-corrected chi connectivity index (χ0v) is 15.1. The SMILES string of the molecule is CCCc1cc(=O)oc2c3c(c4c(c12)OC(C)(C)C=C4)OCC(C)=C3. The van der Waals surface area contributed by atoms with Crippen LogP contribution in [0, 0.1) is 0 Å². The lowest BCUT2D eigenvalue weighted by molar-refractivity contribution is 0.160. The lowest BCUT2D eigenvalue weighted by Crippen LogP contribution is -2.28. The first kappa shape index (κ1) is 16.0. The lowest BCUT2D eigenvalue weighted by Gasteiger charge is -2.31. The smallest absolute Gasteiger partial charge is 0.336 e. The third-order valence-corrected chi connectivity index (χ3v) is 4.62. The highest BCUT2D eigenvalue weighted by Gasteiger charge is 2.31. The summed E-state index contributed by atoms with van der Waals surface area (Å²) in [4.78, 5) is 12.2. The van der Waals surface area contributed by atoms with Gasteiger partial charge in [-0.3, -0.25) is 0 Å². The fraction of sp³-hybridized carbons (Fsp3) is 0.381. The average Bonchev–Trinajstić information content (AvgIpc) is 2.54. The molecule has 0 N–H and O–H groups in total. The van der Waals surface area contributed by atoms with Crippen molar-refractivity contribution in [2.45, 2.75) is 46.1 Å². The Kier molecular flexibility index (Phi) is 3.53. The van der Waals surface area contributed by atoms with Crippen LogP contribution in [0.5, 0.6) is 11.5 Å². The van der Waals surface area contributed by atoms with Gasteiger partial charge in [0.2, 0.25) is 0 Å². The average molecular weight is 338 g/mol. The van der Waals surface area contributed by atoms with E-state index in [9.17, 15) is 4.79 Å². The Balaban J connectivity index is 2.18. The van der Waals surface area contributed by atoms with Gasteiger partial charge in [0.05, 0.1) is 16.5 Å². The molecule has 0 fully saturated rings. The second-order valence-electron chi connectivity index (χ2n) is 7.35. The molecular weight excluding hydrogens is 316 g/mol. The Hall–Kier alpha value is -2.49. The first-order valence-corrected chi connectivity index (χ1v) is 8.74. The monoisotopic (exact) mass is 338 g/mol. The maximum atomic E-state index is 12.2. The van der Waals surface area contributed by atoms with E-state index in [0.717, 1.165) is 52.0 Å². The summed E-state index contributed by atoms with van der Waals surface area (Å²) < 4.78 is 17.9. The summed E-state index contributed by atoms with van der Waals surface area (Å²) in [6, 6.07) is 1.59. The van der Waals surface area contributed by atoms with Crippen molar-refractivity contribution in [1.29, 1.82) is 0 Å². The van der Waals surface area contributed by atoms with Gasteiger partial charge in [-0.1, -0.05) is 13.3 Å². The highest BCUT2D eigenvalue weighted by Crippen LogP contribution is 2.48. The summed E-state index contributed by atoms with van der Waals surface area (Å²) in [5, 5.41) is 0.891. The molecule has 0 bridgehead atoms. The second-order valence-corrected chi connectivity index (χ2v) is 7.35. The normalized spacial score (nSPS) is 17.4. The Morgan fingerprint density at radius 3 is 2.76 bits per heavy atom. The number of rotatable bonds is 2. The molecule has 130 valence electrons. The first-order chi connectivity index (χ1) is 11.9. The quantitative estimate of drug-likeness (QED) is 0.743. The van der Waals surface area contributed by atoms with Gasteiger partial charge in [0, 0.05) is 6.07 Å². The highest BCUT2D eigenvalue weighted by atomic mass is 16.5. The summed E-state index contributed by atoms with van der Waals surface area (Å²) in [6.45, 7) is 8.67. The van der Waals surface area contributed by atoms with Crippen molar-refractivity contribution in [2.75, 3.05) is 6.61 Å². The van der Waals surface area contributed by atoms with E-state index in [0.29, 0.717) is 12.2 Å². The molecule has 1 aromatic heterocycles. The third-order valence-electron chi connectivity index (χ3n) is 4.62. The molecule has 0 aliphatic carbocycles. The first-order valence-electron chi connectivity index (χ1n) is 8.74. The Bertz CT molecular complexity index is 989. The van der Waals surface area contributed by atoms with Crippen LogP contribution in [0.2, 0.25) is 0 Å². The molecule has 0 unspecified atom stereocenters. The van der Waals surface area contributed by atoms with E-state index >= 15 is 0 Å². The fourth-order valence-electron chi connectivity index (χ4n) is 3.53. The molecule has 3 heterocycles. The fourth-order valence-corrected chi connectivity index (χ4v) is 3.53. The summed E-state index contributed by atoms with van der Waals surface area (Å²) in [5.74, 6) is 1.48. The van der Waals surface area contributed by atoms with Gasteiger partial charge in [0.1, 0.15) is 23.7 Å². The lowest BCUT2D eigenvalue weighted by atomic mass is 9.92. The van der Waals surface area contributed by atoms with Crippen LogP contribution in [0.25, 0.3) is 23.1 Å². The van der Waals surface area contributed by atoms with Crippen molar-refractivity contribution in [1.82, 2.24) is 0 Å². The zero-order valence-electron chi connectivity index (χ0n) is 15.1. The van der Waals surface area contributed by atoms with Crippen LogP contribution < -0.4 is 15.1 Å². The van der Waals surface area contributed by atoms with Gasteiger partial charge in [-0.15, -0.1) is 0 Å². The van der Waals surface area contributed by atoms with Crippen molar-refractivity contribution >= 4 is 23.1 Å². The van der Waals surface area contributed by atoms with Gasteiger partial charge < -0.3 is 13.9 Å². The zero-order chi connectivity index (χ0) is 17.8. The van der Waals surface area contributed by atoms with Gasteiger partial charge in [-0.25, -0.2) is 4.79 Å². The summed E-state index contributed by atoms with van der Waals surface area (Å²) in [6.07, 6.45) is 7.88. The molecule has 0 amide bonds. The van der Waals surface area contributed by atoms with E-state index in [1.807, 2.05) is 32.9 Å². The molecule has 0 saturated carbocycles. The van der Waals surface area contributed by atoms with Gasteiger partial charge in [-0.05, 0) is 56.6 Å². The van der Waals surface area contributed by atoms with Crippen molar-refractivity contribution in [3.05, 3.63) is 44.8 Å². The number of benzene rings is 1. The van der Waals surface area contributed by atoms with E-state index in [-0.39, 0.29) is 5.63 Å². The number of fused-ring (bicyclic) bond motifs is 6. The van der Waals surface area contributed by atoms with Crippen LogP contribution in [-0.4, -0.2) is 12.2 Å². The van der Waals surface area contributed by atoms with Gasteiger partial charge in [-0.2, -0.15) is 0 Å². The van der Waals surface area contributed by atoms with Crippen LogP contribution in [0.1, 0.15) is 50.8 Å². The summed E-state index contributed by atoms with van der Waals surface area (Å²) in [7, 11) is 0. The van der Waals surface area contributed by atoms with Crippen molar-refractivity contribution in [2.24, 2.45) is 0 Å². The van der Waals surface area contributed by atoms with Crippen LogP contribution in [0.3, 0.4) is 0 Å². The molecule has 0 atom stereocenters. The number of hydrogen-bond donors (Lipinski definition) is 0. The van der Waals surface area contributed by atoms with E-state index in [1.165, 1.54) is 0 Å². The summed E-state index contributed by atoms with van der Waals surface area (Å²) >= 11 is 0. The predicted molar refractivity (Wildman–Crippen MR) is 99.4 cm³/mol. The maximum Gasteiger partial charge on any atom is 0.336 e. The molecule has 0 spiro atoms. The Morgan fingerprint density at radius 1 is 1.20 bits per heavy atom. The minimum absolute atomic E-state index is 0.333. The molecule has 0 saturated heterocycles. The number of ether oxygens (including phenoxy) is 2. The van der Waals surface area contributed by atoms with Crippen LogP contribution >= 0.6 is 0 Å². The Labute approximate surface area is 146 Å². The molecule has 25 heavy (non-hydrogen) atoms. The van der Waals surface area contributed by atoms with Crippen LogP contribution in [0.4, 0.5) is 0 Å². The molecule has 0 radical (unpaired) electrons. The molecule has 4 rings (SSSR count). The van der Waals surface area contributed by atoms with Gasteiger partial charge in [0.25, 0.3) is 0 Å². The second kappa shape index (κ2) is 5.51. The Morgan fingerprint density at radius 2 is 2.00 bits per heavy atom. The standard InChI is InChI=1S/C21H22O4/c1-5-6-13-10-16(22)24-19-15-9-12(2)11-23-18(15)14-7-8-21(3,4)25-20(14)17(13)19/h7-10H,5-6,11H2,1-4H3. The van der Waals surface area contributed by atoms with E-state index < -0.39 is 5.60 Å². The molecule has 2 aromatic rings. The topological polar surface area (TPSA) is 48.7 Å². The van der Waals surface area contributed by atoms with Gasteiger partial charge >= 0.3 is 5.63 Å². The molecule has 2 aliphatic heterocycles. The maximum absolute atomic E-state index is 12.2. The summed E-state index contributed by atoms with van der Waals surface area (Å²) in [5.41, 5.74) is 3.63. The minimum Gasteiger partial charge on any atom is -0.488 e. The predicted octanol–water partition coefficient (Wildman–Crippen LogP) is 4.73. The van der Waals surface area contributed by atoms with E-state index in [1.54, 1.807) is 6.07 Å². The van der Waals surface area contributed by atoms with Crippen LogP contribution in [0.15, 0.2) is 26.9 Å². The van der Waals surface area contributed by atoms with Gasteiger partial charge in [0.15, 0.2) is 5.58 Å².